The largest absolute Gasteiger partial charge is 0.244 e. The van der Waals surface area contributed by atoms with Crippen LogP contribution < -0.4 is 0 Å². The number of rotatable bonds is 12. The molecule has 0 radical (unpaired) electrons. The molecule has 23 heavy (non-hydrogen) atoms. The molecule has 0 nitrogen and oxygen atoms in total. The van der Waals surface area contributed by atoms with Gasteiger partial charge in [0, 0.05) is 0 Å². The zero-order valence-electron chi connectivity index (χ0n) is 16.9. The molecule has 0 aliphatic carbocycles. The highest BCUT2D eigenvalue weighted by Crippen LogP contribution is 2.33. The SMILES string of the molecule is CCC(C)CCC(C)C(C)C(F)C(F)C(C)C(C)CCC(C)C. The lowest BCUT2D eigenvalue weighted by atomic mass is 9.78. The van der Waals surface area contributed by atoms with Crippen LogP contribution in [0.4, 0.5) is 8.78 Å². The van der Waals surface area contributed by atoms with Gasteiger partial charge in [-0.2, -0.15) is 0 Å². The Morgan fingerprint density at radius 1 is 0.609 bits per heavy atom. The van der Waals surface area contributed by atoms with Crippen molar-refractivity contribution in [3.8, 4) is 0 Å². The molecule has 7 atom stereocenters. The van der Waals surface area contributed by atoms with E-state index >= 15 is 0 Å². The maximum absolute atomic E-state index is 14.7. The lowest BCUT2D eigenvalue weighted by Crippen LogP contribution is -2.35. The fourth-order valence-corrected chi connectivity index (χ4v) is 3.08. The van der Waals surface area contributed by atoms with E-state index in [2.05, 4.69) is 41.5 Å². The van der Waals surface area contributed by atoms with Gasteiger partial charge in [0.2, 0.25) is 0 Å². The monoisotopic (exact) mass is 332 g/mol. The van der Waals surface area contributed by atoms with Crippen molar-refractivity contribution in [2.24, 2.45) is 35.5 Å². The van der Waals surface area contributed by atoms with Crippen LogP contribution in [0.2, 0.25) is 0 Å². The number of alkyl halides is 2. The van der Waals surface area contributed by atoms with E-state index in [4.69, 9.17) is 0 Å². The van der Waals surface area contributed by atoms with E-state index in [0.717, 1.165) is 32.1 Å². The van der Waals surface area contributed by atoms with E-state index in [1.807, 2.05) is 13.8 Å². The van der Waals surface area contributed by atoms with Gasteiger partial charge in [-0.3, -0.25) is 0 Å². The Bertz CT molecular complexity index is 290. The molecule has 0 bridgehead atoms. The third-order valence-electron chi connectivity index (χ3n) is 6.12. The molecule has 0 amide bonds. The van der Waals surface area contributed by atoms with Crippen LogP contribution in [-0.2, 0) is 0 Å². The minimum atomic E-state index is -1.33. The Kier molecular flexibility index (Phi) is 11.4. The molecule has 0 spiro atoms. The highest BCUT2D eigenvalue weighted by Gasteiger charge is 2.35. The van der Waals surface area contributed by atoms with Crippen LogP contribution in [0, 0.1) is 35.5 Å². The van der Waals surface area contributed by atoms with Crippen molar-refractivity contribution < 1.29 is 8.78 Å². The Balaban J connectivity index is 4.45. The quantitative estimate of drug-likeness (QED) is 0.348. The molecule has 2 heteroatoms. The topological polar surface area (TPSA) is 0 Å². The van der Waals surface area contributed by atoms with Gasteiger partial charge < -0.3 is 0 Å². The minimum Gasteiger partial charge on any atom is -0.244 e. The molecule has 0 aromatic carbocycles. The van der Waals surface area contributed by atoms with Crippen molar-refractivity contribution in [3.05, 3.63) is 0 Å². The van der Waals surface area contributed by atoms with Crippen molar-refractivity contribution >= 4 is 0 Å². The van der Waals surface area contributed by atoms with Gasteiger partial charge >= 0.3 is 0 Å². The predicted octanol–water partition coefficient (Wildman–Crippen LogP) is 7.47. The van der Waals surface area contributed by atoms with Crippen molar-refractivity contribution in [2.45, 2.75) is 99.8 Å². The molecule has 0 aliphatic heterocycles. The molecule has 0 rings (SSSR count). The first-order valence-corrected chi connectivity index (χ1v) is 9.89. The van der Waals surface area contributed by atoms with Crippen LogP contribution in [0.15, 0.2) is 0 Å². The molecule has 0 aliphatic rings. The lowest BCUT2D eigenvalue weighted by Gasteiger charge is -2.31. The van der Waals surface area contributed by atoms with Gasteiger partial charge in [0.05, 0.1) is 0 Å². The summed E-state index contributed by atoms with van der Waals surface area (Å²) in [7, 11) is 0. The van der Waals surface area contributed by atoms with Gasteiger partial charge in [0.1, 0.15) is 12.3 Å². The summed E-state index contributed by atoms with van der Waals surface area (Å²) in [5, 5.41) is 0. The molecule has 0 N–H and O–H groups in total. The van der Waals surface area contributed by atoms with E-state index in [0.29, 0.717) is 11.8 Å². The zero-order chi connectivity index (χ0) is 18.2. The lowest BCUT2D eigenvalue weighted by molar-refractivity contribution is 0.0370. The Hall–Kier alpha value is -0.140. The number of halogens is 2. The summed E-state index contributed by atoms with van der Waals surface area (Å²) in [6, 6.07) is 0. The summed E-state index contributed by atoms with van der Waals surface area (Å²) in [4.78, 5) is 0. The average molecular weight is 333 g/mol. The molecule has 0 fully saturated rings. The number of hydrogen-bond donors (Lipinski definition) is 0. The highest BCUT2D eigenvalue weighted by atomic mass is 19.2. The van der Waals surface area contributed by atoms with E-state index in [1.165, 1.54) is 0 Å². The van der Waals surface area contributed by atoms with Crippen molar-refractivity contribution in [2.75, 3.05) is 0 Å². The number of hydrogen-bond acceptors (Lipinski definition) is 0. The van der Waals surface area contributed by atoms with Gasteiger partial charge in [-0.05, 0) is 35.5 Å². The van der Waals surface area contributed by atoms with Gasteiger partial charge in [0.15, 0.2) is 0 Å². The van der Waals surface area contributed by atoms with E-state index in [1.54, 1.807) is 0 Å². The predicted molar refractivity (Wildman–Crippen MR) is 99.2 cm³/mol. The van der Waals surface area contributed by atoms with E-state index in [9.17, 15) is 8.78 Å². The summed E-state index contributed by atoms with van der Waals surface area (Å²) in [6.07, 6.45) is 2.69. The second-order valence-corrected chi connectivity index (χ2v) is 8.62. The molecular weight excluding hydrogens is 290 g/mol. The van der Waals surface area contributed by atoms with Crippen LogP contribution >= 0.6 is 0 Å². The maximum Gasteiger partial charge on any atom is 0.134 e. The average Bonchev–Trinajstić information content (AvgIpc) is 2.53. The molecule has 0 saturated carbocycles. The molecule has 140 valence electrons. The van der Waals surface area contributed by atoms with Crippen molar-refractivity contribution in [1.29, 1.82) is 0 Å². The molecule has 0 saturated heterocycles. The second kappa shape index (κ2) is 11.4. The fourth-order valence-electron chi connectivity index (χ4n) is 3.08. The summed E-state index contributed by atoms with van der Waals surface area (Å²) in [5.41, 5.74) is 0. The smallest absolute Gasteiger partial charge is 0.134 e. The standard InChI is InChI=1S/C21H42F2/c1-9-15(4)11-13-17(6)19(8)21(23)20(22)18(7)16(5)12-10-14(2)3/h14-21H,9-13H2,1-8H3. The van der Waals surface area contributed by atoms with Crippen molar-refractivity contribution in [1.82, 2.24) is 0 Å². The first-order chi connectivity index (χ1) is 10.6. The Morgan fingerprint density at radius 2 is 1.00 bits per heavy atom. The zero-order valence-corrected chi connectivity index (χ0v) is 16.9. The first-order valence-electron chi connectivity index (χ1n) is 9.89. The Morgan fingerprint density at radius 3 is 1.35 bits per heavy atom. The maximum atomic E-state index is 14.7. The van der Waals surface area contributed by atoms with E-state index < -0.39 is 12.3 Å². The van der Waals surface area contributed by atoms with Crippen LogP contribution in [0.5, 0.6) is 0 Å². The van der Waals surface area contributed by atoms with Gasteiger partial charge in [-0.25, -0.2) is 8.78 Å². The molecular formula is C21H42F2. The van der Waals surface area contributed by atoms with Gasteiger partial charge in [-0.1, -0.05) is 87.5 Å². The summed E-state index contributed by atoms with van der Waals surface area (Å²) >= 11 is 0. The van der Waals surface area contributed by atoms with Crippen LogP contribution in [0.25, 0.3) is 0 Å². The van der Waals surface area contributed by atoms with Crippen LogP contribution in [0.1, 0.15) is 87.5 Å². The van der Waals surface area contributed by atoms with E-state index in [-0.39, 0.29) is 23.7 Å². The third-order valence-corrected chi connectivity index (χ3v) is 6.12. The summed E-state index contributed by atoms with van der Waals surface area (Å²) in [6.45, 7) is 16.7. The third kappa shape index (κ3) is 8.49. The first kappa shape index (κ1) is 22.9. The second-order valence-electron chi connectivity index (χ2n) is 8.62. The Labute approximate surface area is 144 Å². The molecule has 7 unspecified atom stereocenters. The van der Waals surface area contributed by atoms with Gasteiger partial charge in [0.25, 0.3) is 0 Å². The molecule has 0 aromatic rings. The summed E-state index contributed by atoms with van der Waals surface area (Å²) in [5.74, 6) is 1.40. The molecule has 0 heterocycles. The molecule has 0 aromatic heterocycles. The van der Waals surface area contributed by atoms with Gasteiger partial charge in [-0.15, -0.1) is 0 Å². The van der Waals surface area contributed by atoms with Crippen molar-refractivity contribution in [3.63, 3.8) is 0 Å². The van der Waals surface area contributed by atoms with Crippen LogP contribution in [0.3, 0.4) is 0 Å². The fraction of sp³-hybridized carbons (Fsp3) is 1.00. The minimum absolute atomic E-state index is 0.200. The normalized spacial score (nSPS) is 21.5. The van der Waals surface area contributed by atoms with Crippen LogP contribution in [-0.4, -0.2) is 12.3 Å². The highest BCUT2D eigenvalue weighted by molar-refractivity contribution is 4.83. The summed E-state index contributed by atoms with van der Waals surface area (Å²) < 4.78 is 29.3.